The lowest BCUT2D eigenvalue weighted by Crippen LogP contribution is -2.46. The van der Waals surface area contributed by atoms with Crippen molar-refractivity contribution in [3.63, 3.8) is 0 Å². The molecule has 0 saturated carbocycles. The van der Waals surface area contributed by atoms with E-state index >= 15 is 0 Å². The monoisotopic (exact) mass is 557 g/mol. The van der Waals surface area contributed by atoms with Crippen molar-refractivity contribution in [1.29, 1.82) is 0 Å². The highest BCUT2D eigenvalue weighted by Gasteiger charge is 2.23. The molecule has 0 spiro atoms. The highest BCUT2D eigenvalue weighted by Crippen LogP contribution is 2.22. The second-order valence-corrected chi connectivity index (χ2v) is 8.92. The van der Waals surface area contributed by atoms with E-state index in [1.54, 1.807) is 11.3 Å². The van der Waals surface area contributed by atoms with Gasteiger partial charge in [-0.25, -0.2) is 9.98 Å². The summed E-state index contributed by atoms with van der Waals surface area (Å²) in [5.74, 6) is 1.29. The first-order valence-corrected chi connectivity index (χ1v) is 11.8. The van der Waals surface area contributed by atoms with Crippen LogP contribution in [0.2, 0.25) is 0 Å². The topological polar surface area (TPSA) is 61.8 Å². The molecular formula is C23H36IN5OS. The second-order valence-electron chi connectivity index (χ2n) is 7.98. The van der Waals surface area contributed by atoms with Crippen LogP contribution in [0.3, 0.4) is 0 Å². The Morgan fingerprint density at radius 2 is 2.03 bits per heavy atom. The first kappa shape index (κ1) is 26.0. The third kappa shape index (κ3) is 8.00. The largest absolute Gasteiger partial charge is 0.379 e. The molecule has 2 aromatic rings. The summed E-state index contributed by atoms with van der Waals surface area (Å²) in [5.41, 5.74) is 3.77. The zero-order chi connectivity index (χ0) is 21.3. The molecule has 1 atom stereocenters. The van der Waals surface area contributed by atoms with Crippen molar-refractivity contribution in [1.82, 2.24) is 20.5 Å². The third-order valence-corrected chi connectivity index (χ3v) is 6.11. The van der Waals surface area contributed by atoms with E-state index in [0.29, 0.717) is 12.5 Å². The number of rotatable bonds is 8. The number of hydrogen-bond acceptors (Lipinski definition) is 5. The molecule has 1 fully saturated rings. The first-order chi connectivity index (χ1) is 14.6. The zero-order valence-electron chi connectivity index (χ0n) is 19.1. The average molecular weight is 558 g/mol. The molecule has 2 N–H and O–H groups in total. The molecule has 1 aliphatic rings. The number of thiazole rings is 1. The molecule has 1 aliphatic heterocycles. The quantitative estimate of drug-likeness (QED) is 0.288. The third-order valence-electron chi connectivity index (χ3n) is 5.25. The Kier molecular flexibility index (Phi) is 11.2. The lowest BCUT2D eigenvalue weighted by molar-refractivity contribution is 0.0170. The molecule has 3 rings (SSSR count). The molecule has 0 amide bonds. The molecular weight excluding hydrogens is 521 g/mol. The molecule has 1 saturated heterocycles. The van der Waals surface area contributed by atoms with Gasteiger partial charge in [0.2, 0.25) is 0 Å². The summed E-state index contributed by atoms with van der Waals surface area (Å²) in [4.78, 5) is 12.0. The van der Waals surface area contributed by atoms with Crippen molar-refractivity contribution in [2.24, 2.45) is 4.99 Å². The van der Waals surface area contributed by atoms with E-state index in [0.717, 1.165) is 56.1 Å². The first-order valence-electron chi connectivity index (χ1n) is 10.9. The molecule has 8 heteroatoms. The van der Waals surface area contributed by atoms with Gasteiger partial charge in [0.15, 0.2) is 5.96 Å². The fourth-order valence-electron chi connectivity index (χ4n) is 3.57. The maximum absolute atomic E-state index is 5.58. The van der Waals surface area contributed by atoms with Crippen LogP contribution < -0.4 is 10.6 Å². The molecule has 31 heavy (non-hydrogen) atoms. The van der Waals surface area contributed by atoms with Crippen LogP contribution in [-0.4, -0.2) is 55.2 Å². The minimum absolute atomic E-state index is 0. The number of aromatic nitrogens is 1. The van der Waals surface area contributed by atoms with E-state index in [1.807, 2.05) is 0 Å². The number of benzene rings is 1. The highest BCUT2D eigenvalue weighted by atomic mass is 127. The van der Waals surface area contributed by atoms with E-state index < -0.39 is 0 Å². The van der Waals surface area contributed by atoms with Crippen molar-refractivity contribution >= 4 is 41.3 Å². The van der Waals surface area contributed by atoms with Crippen LogP contribution in [0.15, 0.2) is 34.6 Å². The van der Waals surface area contributed by atoms with Crippen LogP contribution in [0.4, 0.5) is 0 Å². The van der Waals surface area contributed by atoms with Crippen LogP contribution in [0.5, 0.6) is 0 Å². The SMILES string of the molecule is CCNC(=NCc1nc(C(C)C)cs1)NCC(c1cccc(C)c1)N1CCOCC1.I. The molecule has 0 aliphatic carbocycles. The molecule has 0 radical (unpaired) electrons. The van der Waals surface area contributed by atoms with Crippen LogP contribution in [-0.2, 0) is 11.3 Å². The van der Waals surface area contributed by atoms with Gasteiger partial charge in [-0.2, -0.15) is 0 Å². The van der Waals surface area contributed by atoms with Gasteiger partial charge >= 0.3 is 0 Å². The molecule has 1 aromatic heterocycles. The number of nitrogens with one attached hydrogen (secondary N) is 2. The molecule has 0 bridgehead atoms. The minimum atomic E-state index is 0. The maximum atomic E-state index is 5.58. The molecule has 6 nitrogen and oxygen atoms in total. The van der Waals surface area contributed by atoms with Gasteiger partial charge in [0.05, 0.1) is 31.5 Å². The number of hydrogen-bond donors (Lipinski definition) is 2. The maximum Gasteiger partial charge on any atom is 0.191 e. The van der Waals surface area contributed by atoms with E-state index in [4.69, 9.17) is 14.7 Å². The highest BCUT2D eigenvalue weighted by molar-refractivity contribution is 14.0. The van der Waals surface area contributed by atoms with Gasteiger partial charge in [-0.1, -0.05) is 43.7 Å². The van der Waals surface area contributed by atoms with Crippen molar-refractivity contribution in [3.8, 4) is 0 Å². The van der Waals surface area contributed by atoms with Crippen LogP contribution in [0.1, 0.15) is 54.6 Å². The molecule has 172 valence electrons. The number of morpholine rings is 1. The number of aryl methyl sites for hydroxylation is 1. The summed E-state index contributed by atoms with van der Waals surface area (Å²) in [7, 11) is 0. The summed E-state index contributed by atoms with van der Waals surface area (Å²) in [6.07, 6.45) is 0. The minimum Gasteiger partial charge on any atom is -0.379 e. The van der Waals surface area contributed by atoms with Gasteiger partial charge in [-0.3, -0.25) is 4.90 Å². The lowest BCUT2D eigenvalue weighted by Gasteiger charge is -2.35. The average Bonchev–Trinajstić information content (AvgIpc) is 3.22. The molecule has 1 unspecified atom stereocenters. The lowest BCUT2D eigenvalue weighted by atomic mass is 10.0. The summed E-state index contributed by atoms with van der Waals surface area (Å²) in [6, 6.07) is 9.09. The summed E-state index contributed by atoms with van der Waals surface area (Å²) in [5, 5.41) is 10.1. The predicted octanol–water partition coefficient (Wildman–Crippen LogP) is 4.32. The zero-order valence-corrected chi connectivity index (χ0v) is 22.2. The second kappa shape index (κ2) is 13.3. The normalized spacial score (nSPS) is 16.1. The van der Waals surface area contributed by atoms with Gasteiger partial charge in [0.1, 0.15) is 5.01 Å². The van der Waals surface area contributed by atoms with E-state index in [-0.39, 0.29) is 30.0 Å². The van der Waals surface area contributed by atoms with Gasteiger partial charge < -0.3 is 15.4 Å². The molecule has 2 heterocycles. The number of aliphatic imine (C=N–C) groups is 1. The standard InChI is InChI=1S/C23H35N5OS.HI/c1-5-24-23(26-15-22-27-20(16-30-22)17(2)3)25-14-21(28-9-11-29-12-10-28)19-8-6-7-18(4)13-19;/h6-8,13,16-17,21H,5,9-12,14-15H2,1-4H3,(H2,24,25,26);1H. The van der Waals surface area contributed by atoms with Gasteiger partial charge in [0.25, 0.3) is 0 Å². The van der Waals surface area contributed by atoms with Crippen LogP contribution >= 0.6 is 35.3 Å². The van der Waals surface area contributed by atoms with Gasteiger partial charge in [0, 0.05) is 31.6 Å². The smallest absolute Gasteiger partial charge is 0.191 e. The Morgan fingerprint density at radius 3 is 2.68 bits per heavy atom. The Morgan fingerprint density at radius 1 is 1.26 bits per heavy atom. The van der Waals surface area contributed by atoms with Crippen LogP contribution in [0, 0.1) is 6.92 Å². The summed E-state index contributed by atoms with van der Waals surface area (Å²) < 4.78 is 5.58. The number of ether oxygens (including phenoxy) is 1. The summed E-state index contributed by atoms with van der Waals surface area (Å²) >= 11 is 1.69. The Balaban J connectivity index is 0.00000341. The van der Waals surface area contributed by atoms with E-state index in [1.165, 1.54) is 11.1 Å². The summed E-state index contributed by atoms with van der Waals surface area (Å²) in [6.45, 7) is 14.3. The van der Waals surface area contributed by atoms with Crippen molar-refractivity contribution in [2.75, 3.05) is 39.4 Å². The van der Waals surface area contributed by atoms with E-state index in [2.05, 4.69) is 72.9 Å². The fraction of sp³-hybridized carbons (Fsp3) is 0.565. The van der Waals surface area contributed by atoms with Crippen molar-refractivity contribution in [2.45, 2.75) is 46.2 Å². The molecule has 1 aromatic carbocycles. The Labute approximate surface area is 207 Å². The fourth-order valence-corrected chi connectivity index (χ4v) is 4.45. The van der Waals surface area contributed by atoms with Crippen molar-refractivity contribution in [3.05, 3.63) is 51.5 Å². The Bertz CT molecular complexity index is 820. The van der Waals surface area contributed by atoms with Crippen LogP contribution in [0.25, 0.3) is 0 Å². The van der Waals surface area contributed by atoms with Crippen molar-refractivity contribution < 1.29 is 4.74 Å². The number of guanidine groups is 1. The number of halogens is 1. The van der Waals surface area contributed by atoms with Gasteiger partial charge in [-0.05, 0) is 25.3 Å². The number of nitrogens with zero attached hydrogens (tertiary/aromatic N) is 3. The predicted molar refractivity (Wildman–Crippen MR) is 141 cm³/mol. The van der Waals surface area contributed by atoms with E-state index in [9.17, 15) is 0 Å². The Hall–Kier alpha value is -1.23. The van der Waals surface area contributed by atoms with Gasteiger partial charge in [-0.15, -0.1) is 35.3 Å².